The molecule has 0 aliphatic carbocycles. The van der Waals surface area contributed by atoms with E-state index in [9.17, 15) is 9.90 Å². The highest BCUT2D eigenvalue weighted by Gasteiger charge is 2.11. The fourth-order valence-corrected chi connectivity index (χ4v) is 2.82. The Kier molecular flexibility index (Phi) is 5.42. The summed E-state index contributed by atoms with van der Waals surface area (Å²) in [6.07, 6.45) is 5.97. The van der Waals surface area contributed by atoms with Crippen molar-refractivity contribution < 1.29 is 9.90 Å². The summed E-state index contributed by atoms with van der Waals surface area (Å²) in [5.74, 6) is -0.276. The van der Waals surface area contributed by atoms with Gasteiger partial charge >= 0.3 is 5.97 Å². The van der Waals surface area contributed by atoms with E-state index in [2.05, 4.69) is 37.9 Å². The number of hydrogen-bond donors (Lipinski definition) is 2. The maximum atomic E-state index is 11.2. The first kappa shape index (κ1) is 17.5. The second-order valence-corrected chi connectivity index (χ2v) is 5.81. The summed E-state index contributed by atoms with van der Waals surface area (Å²) in [5, 5.41) is 12.4. The van der Waals surface area contributed by atoms with Gasteiger partial charge in [0.1, 0.15) is 3.70 Å². The smallest absolute Gasteiger partial charge is 0.335 e. The van der Waals surface area contributed by atoms with E-state index in [1.54, 1.807) is 24.5 Å². The number of carbonyl (C=O) groups is 1. The van der Waals surface area contributed by atoms with Crippen LogP contribution in [0.3, 0.4) is 0 Å². The average Bonchev–Trinajstić information content (AvgIpc) is 2.89. The molecule has 0 amide bonds. The highest BCUT2D eigenvalue weighted by molar-refractivity contribution is 14.1. The third-order valence-electron chi connectivity index (χ3n) is 3.36. The lowest BCUT2D eigenvalue weighted by Gasteiger charge is -2.10. The molecule has 0 saturated heterocycles. The van der Waals surface area contributed by atoms with Gasteiger partial charge in [-0.15, -0.1) is 12.4 Å². The number of aromatic carboxylic acids is 1. The quantitative estimate of drug-likeness (QED) is 0.599. The van der Waals surface area contributed by atoms with Gasteiger partial charge in [0.15, 0.2) is 11.5 Å². The van der Waals surface area contributed by atoms with Crippen LogP contribution in [0.2, 0.25) is 0 Å². The lowest BCUT2D eigenvalue weighted by Crippen LogP contribution is -2.04. The number of nitrogens with zero attached hydrogens (tertiary/aromatic N) is 3. The highest BCUT2D eigenvalue weighted by atomic mass is 127. The van der Waals surface area contributed by atoms with Crippen LogP contribution in [0, 0.1) is 3.70 Å². The van der Waals surface area contributed by atoms with Crippen molar-refractivity contribution >= 4 is 58.1 Å². The van der Waals surface area contributed by atoms with Gasteiger partial charge in [-0.25, -0.2) is 14.8 Å². The molecule has 0 aliphatic heterocycles. The molecule has 1 aromatic carbocycles. The first-order valence-corrected chi connectivity index (χ1v) is 7.79. The van der Waals surface area contributed by atoms with Crippen molar-refractivity contribution in [3.05, 3.63) is 51.6 Å². The van der Waals surface area contributed by atoms with E-state index in [1.807, 2.05) is 23.6 Å². The number of nitrogens with one attached hydrogen (secondary N) is 1. The monoisotopic (exact) mass is 444 g/mol. The van der Waals surface area contributed by atoms with Crippen LogP contribution < -0.4 is 5.32 Å². The summed E-state index contributed by atoms with van der Waals surface area (Å²) in [5.41, 5.74) is 2.63. The Morgan fingerprint density at radius 3 is 2.87 bits per heavy atom. The zero-order chi connectivity index (χ0) is 15.7. The lowest BCUT2D eigenvalue weighted by molar-refractivity contribution is 0.0696. The number of fused-ring (bicyclic) bond motifs is 1. The third kappa shape index (κ3) is 3.40. The summed E-state index contributed by atoms with van der Waals surface area (Å²) in [4.78, 5) is 19.8. The first-order chi connectivity index (χ1) is 10.6. The van der Waals surface area contributed by atoms with Crippen LogP contribution in [0.5, 0.6) is 0 Å². The minimum Gasteiger partial charge on any atom is -0.478 e. The van der Waals surface area contributed by atoms with Gasteiger partial charge in [-0.2, -0.15) is 0 Å². The van der Waals surface area contributed by atoms with Gasteiger partial charge in [0, 0.05) is 18.1 Å². The van der Waals surface area contributed by atoms with Crippen LogP contribution >= 0.6 is 35.0 Å². The molecule has 0 fully saturated rings. The number of halogens is 2. The van der Waals surface area contributed by atoms with Gasteiger partial charge in [-0.1, -0.05) is 6.92 Å². The van der Waals surface area contributed by atoms with Crippen LogP contribution in [0.1, 0.15) is 22.8 Å². The van der Waals surface area contributed by atoms with Crippen molar-refractivity contribution in [3.63, 3.8) is 0 Å². The Balaban J connectivity index is 0.00000192. The number of hydrogen-bond acceptors (Lipinski definition) is 4. The van der Waals surface area contributed by atoms with Crippen molar-refractivity contribution in [2.45, 2.75) is 13.3 Å². The molecule has 0 bridgehead atoms. The molecule has 6 nitrogen and oxygen atoms in total. The molecule has 0 aliphatic rings. The number of imidazole rings is 1. The van der Waals surface area contributed by atoms with E-state index in [0.29, 0.717) is 17.8 Å². The molecule has 120 valence electrons. The van der Waals surface area contributed by atoms with Crippen LogP contribution in [0.15, 0.2) is 36.8 Å². The van der Waals surface area contributed by atoms with Crippen LogP contribution in [0.25, 0.3) is 5.65 Å². The summed E-state index contributed by atoms with van der Waals surface area (Å²) < 4.78 is 2.93. The first-order valence-electron chi connectivity index (χ1n) is 6.71. The Morgan fingerprint density at radius 1 is 1.39 bits per heavy atom. The van der Waals surface area contributed by atoms with Crippen molar-refractivity contribution in [2.75, 3.05) is 5.32 Å². The molecule has 3 rings (SSSR count). The van der Waals surface area contributed by atoms with Crippen molar-refractivity contribution in [3.8, 4) is 0 Å². The van der Waals surface area contributed by atoms with E-state index >= 15 is 0 Å². The van der Waals surface area contributed by atoms with E-state index in [4.69, 9.17) is 0 Å². The molecular formula is C15H14ClIN4O2. The number of anilines is 2. The van der Waals surface area contributed by atoms with Gasteiger partial charge in [0.2, 0.25) is 0 Å². The van der Waals surface area contributed by atoms with E-state index < -0.39 is 5.97 Å². The molecule has 0 atom stereocenters. The van der Waals surface area contributed by atoms with Gasteiger partial charge < -0.3 is 10.4 Å². The highest BCUT2D eigenvalue weighted by Crippen LogP contribution is 2.23. The molecule has 2 heterocycles. The minimum atomic E-state index is -0.911. The standard InChI is InChI=1S/C15H13IN4O2.ClH/c1-2-9-7-10(3-4-11(9)15(21)22)19-13-14-18-8-12(16)20(14)6-5-17-13;/h3-8H,2H2,1H3,(H,17,19)(H,21,22);1H. The topological polar surface area (TPSA) is 79.5 Å². The van der Waals surface area contributed by atoms with E-state index in [0.717, 1.165) is 20.6 Å². The summed E-state index contributed by atoms with van der Waals surface area (Å²) in [7, 11) is 0. The second-order valence-electron chi connectivity index (χ2n) is 4.71. The molecule has 2 N–H and O–H groups in total. The predicted octanol–water partition coefficient (Wildman–Crippen LogP) is 3.76. The lowest BCUT2D eigenvalue weighted by atomic mass is 10.0. The van der Waals surface area contributed by atoms with Gasteiger partial charge in [0.25, 0.3) is 0 Å². The summed E-state index contributed by atoms with van der Waals surface area (Å²) in [6.45, 7) is 1.93. The summed E-state index contributed by atoms with van der Waals surface area (Å²) in [6, 6.07) is 5.18. The van der Waals surface area contributed by atoms with Crippen LogP contribution in [-0.2, 0) is 6.42 Å². The number of carboxylic acid groups (broad SMARTS) is 1. The Labute approximate surface area is 152 Å². The largest absolute Gasteiger partial charge is 0.478 e. The zero-order valence-corrected chi connectivity index (χ0v) is 15.1. The molecule has 0 spiro atoms. The third-order valence-corrected chi connectivity index (χ3v) is 4.16. The number of aryl methyl sites for hydroxylation is 1. The molecule has 23 heavy (non-hydrogen) atoms. The normalized spacial score (nSPS) is 10.3. The van der Waals surface area contributed by atoms with Gasteiger partial charge in [-0.3, -0.25) is 4.40 Å². The van der Waals surface area contributed by atoms with Crippen LogP contribution in [-0.4, -0.2) is 25.4 Å². The molecule has 0 unspecified atom stereocenters. The Morgan fingerprint density at radius 2 is 2.17 bits per heavy atom. The van der Waals surface area contributed by atoms with Crippen molar-refractivity contribution in [2.24, 2.45) is 0 Å². The van der Waals surface area contributed by atoms with Crippen molar-refractivity contribution in [1.82, 2.24) is 14.4 Å². The van der Waals surface area contributed by atoms with Gasteiger partial charge in [0.05, 0.1) is 11.8 Å². The SMILES string of the molecule is CCc1cc(Nc2nccn3c(I)cnc23)ccc1C(=O)O.Cl. The Bertz CT molecular complexity index is 866. The van der Waals surface area contributed by atoms with E-state index in [-0.39, 0.29) is 12.4 Å². The molecule has 0 radical (unpaired) electrons. The molecule has 3 aromatic rings. The molecular weight excluding hydrogens is 431 g/mol. The Hall–Kier alpha value is -1.87. The maximum Gasteiger partial charge on any atom is 0.335 e. The predicted molar refractivity (Wildman–Crippen MR) is 99.0 cm³/mol. The minimum absolute atomic E-state index is 0. The fourth-order valence-electron chi connectivity index (χ4n) is 2.29. The molecule has 8 heteroatoms. The number of aromatic nitrogens is 3. The van der Waals surface area contributed by atoms with E-state index in [1.165, 1.54) is 0 Å². The fraction of sp³-hybridized carbons (Fsp3) is 0.133. The maximum absolute atomic E-state index is 11.2. The average molecular weight is 445 g/mol. The number of rotatable bonds is 4. The number of benzene rings is 1. The summed E-state index contributed by atoms with van der Waals surface area (Å²) >= 11 is 2.20. The second kappa shape index (κ2) is 7.14. The van der Waals surface area contributed by atoms with Gasteiger partial charge in [-0.05, 0) is 52.8 Å². The molecule has 2 aromatic heterocycles. The van der Waals surface area contributed by atoms with Crippen LogP contribution in [0.4, 0.5) is 11.5 Å². The van der Waals surface area contributed by atoms with Crippen molar-refractivity contribution in [1.29, 1.82) is 0 Å². The number of carboxylic acids is 1. The molecule has 0 saturated carbocycles. The zero-order valence-electron chi connectivity index (χ0n) is 12.2.